The van der Waals surface area contributed by atoms with E-state index >= 15 is 0 Å². The topological polar surface area (TPSA) is 72.4 Å². The second-order valence-corrected chi connectivity index (χ2v) is 4.76. The Morgan fingerprint density at radius 2 is 2.00 bits per heavy atom. The molecule has 1 rings (SSSR count). The molecule has 0 saturated heterocycles. The molecule has 0 fully saturated rings. The molecule has 0 aliphatic carbocycles. The number of nitrogen functional groups attached to an aromatic ring is 1. The van der Waals surface area contributed by atoms with Gasteiger partial charge in [0.25, 0.3) is 5.69 Å². The van der Waals surface area contributed by atoms with E-state index in [0.717, 1.165) is 0 Å². The summed E-state index contributed by atoms with van der Waals surface area (Å²) >= 11 is 0. The van der Waals surface area contributed by atoms with Gasteiger partial charge in [0.05, 0.1) is 11.5 Å². The Labute approximate surface area is 114 Å². The van der Waals surface area contributed by atoms with E-state index in [1.165, 1.54) is 23.1 Å². The maximum Gasteiger partial charge on any atom is 0.401 e. The first kappa shape index (κ1) is 16.2. The molecular weight excluding hydrogens is 275 g/mol. The van der Waals surface area contributed by atoms with E-state index in [0.29, 0.717) is 5.56 Å². The lowest BCUT2D eigenvalue weighted by Crippen LogP contribution is -2.38. The Morgan fingerprint density at radius 3 is 2.45 bits per heavy atom. The number of benzene rings is 1. The van der Waals surface area contributed by atoms with Crippen molar-refractivity contribution in [3.63, 3.8) is 0 Å². The molecule has 1 aromatic carbocycles. The van der Waals surface area contributed by atoms with Gasteiger partial charge in [0.15, 0.2) is 0 Å². The number of nitro groups is 1. The molecule has 112 valence electrons. The third kappa shape index (κ3) is 4.69. The maximum absolute atomic E-state index is 12.5. The largest absolute Gasteiger partial charge is 0.401 e. The summed E-state index contributed by atoms with van der Waals surface area (Å²) in [6, 6.07) is 3.70. The van der Waals surface area contributed by atoms with Crippen LogP contribution in [0.1, 0.15) is 19.4 Å². The fraction of sp³-hybridized carbons (Fsp3) is 0.500. The van der Waals surface area contributed by atoms with Crippen molar-refractivity contribution in [2.75, 3.05) is 12.3 Å². The number of anilines is 1. The molecule has 0 aliphatic rings. The van der Waals surface area contributed by atoms with Crippen LogP contribution in [0.4, 0.5) is 24.5 Å². The summed E-state index contributed by atoms with van der Waals surface area (Å²) < 4.78 is 37.4. The van der Waals surface area contributed by atoms with Gasteiger partial charge in [-0.1, -0.05) is 6.07 Å². The molecule has 1 aromatic rings. The number of hydrogen-bond acceptors (Lipinski definition) is 4. The third-order valence-electron chi connectivity index (χ3n) is 2.79. The SMILES string of the molecule is CC(C)N(Cc1ccc(N)c([N+](=O)[O-])c1)CC(F)(F)F. The molecule has 8 heteroatoms. The Kier molecular flexibility index (Phi) is 4.93. The van der Waals surface area contributed by atoms with Gasteiger partial charge >= 0.3 is 6.18 Å². The summed E-state index contributed by atoms with van der Waals surface area (Å²) in [5, 5.41) is 10.8. The van der Waals surface area contributed by atoms with Crippen LogP contribution in [-0.4, -0.2) is 28.6 Å². The second kappa shape index (κ2) is 6.08. The Balaban J connectivity index is 2.94. The number of nitro benzene ring substituents is 1. The van der Waals surface area contributed by atoms with Gasteiger partial charge in [-0.2, -0.15) is 13.2 Å². The summed E-state index contributed by atoms with van der Waals surface area (Å²) in [5.41, 5.74) is 5.57. The van der Waals surface area contributed by atoms with Crippen molar-refractivity contribution in [3.05, 3.63) is 33.9 Å². The van der Waals surface area contributed by atoms with Gasteiger partial charge in [-0.05, 0) is 25.5 Å². The van der Waals surface area contributed by atoms with Crippen LogP contribution in [-0.2, 0) is 6.54 Å². The zero-order valence-electron chi connectivity index (χ0n) is 11.1. The summed E-state index contributed by atoms with van der Waals surface area (Å²) in [4.78, 5) is 11.3. The highest BCUT2D eigenvalue weighted by Crippen LogP contribution is 2.25. The molecule has 20 heavy (non-hydrogen) atoms. The quantitative estimate of drug-likeness (QED) is 0.514. The minimum absolute atomic E-state index is 0.00864. The molecule has 2 N–H and O–H groups in total. The fourth-order valence-corrected chi connectivity index (χ4v) is 1.73. The van der Waals surface area contributed by atoms with Gasteiger partial charge in [-0.15, -0.1) is 0 Å². The molecule has 0 radical (unpaired) electrons. The normalized spacial score (nSPS) is 12.2. The molecule has 0 amide bonds. The number of rotatable bonds is 5. The smallest absolute Gasteiger partial charge is 0.393 e. The van der Waals surface area contributed by atoms with E-state index in [1.807, 2.05) is 0 Å². The molecule has 0 bridgehead atoms. The van der Waals surface area contributed by atoms with Crippen molar-refractivity contribution < 1.29 is 18.1 Å². The van der Waals surface area contributed by atoms with Crippen molar-refractivity contribution in [1.29, 1.82) is 0 Å². The fourth-order valence-electron chi connectivity index (χ4n) is 1.73. The summed E-state index contributed by atoms with van der Waals surface area (Å²) in [6.07, 6.45) is -4.32. The highest BCUT2D eigenvalue weighted by molar-refractivity contribution is 5.59. The van der Waals surface area contributed by atoms with Gasteiger partial charge in [-0.25, -0.2) is 0 Å². The number of halogens is 3. The van der Waals surface area contributed by atoms with Crippen molar-refractivity contribution >= 4 is 11.4 Å². The van der Waals surface area contributed by atoms with Crippen molar-refractivity contribution in [1.82, 2.24) is 4.90 Å². The Morgan fingerprint density at radius 1 is 1.40 bits per heavy atom. The summed E-state index contributed by atoms with van der Waals surface area (Å²) in [6.45, 7) is 2.18. The Hall–Kier alpha value is -1.83. The van der Waals surface area contributed by atoms with E-state index < -0.39 is 17.6 Å². The van der Waals surface area contributed by atoms with E-state index in [2.05, 4.69) is 0 Å². The van der Waals surface area contributed by atoms with Crippen LogP contribution in [0.25, 0.3) is 0 Å². The van der Waals surface area contributed by atoms with Gasteiger partial charge in [0.1, 0.15) is 5.69 Å². The molecule has 0 unspecified atom stereocenters. The van der Waals surface area contributed by atoms with Crippen LogP contribution in [0.2, 0.25) is 0 Å². The first-order valence-corrected chi connectivity index (χ1v) is 5.93. The Bertz CT molecular complexity index is 489. The van der Waals surface area contributed by atoms with E-state index in [-0.39, 0.29) is 24.0 Å². The van der Waals surface area contributed by atoms with E-state index in [9.17, 15) is 23.3 Å². The zero-order chi connectivity index (χ0) is 15.5. The van der Waals surface area contributed by atoms with E-state index in [4.69, 9.17) is 5.73 Å². The number of alkyl halides is 3. The first-order chi connectivity index (χ1) is 9.10. The third-order valence-corrected chi connectivity index (χ3v) is 2.79. The van der Waals surface area contributed by atoms with Crippen LogP contribution < -0.4 is 5.73 Å². The van der Waals surface area contributed by atoms with Crippen LogP contribution in [0.5, 0.6) is 0 Å². The lowest BCUT2D eigenvalue weighted by Gasteiger charge is -2.27. The second-order valence-electron chi connectivity index (χ2n) is 4.76. The predicted molar refractivity (Wildman–Crippen MR) is 69.1 cm³/mol. The summed E-state index contributed by atoms with van der Waals surface area (Å²) in [7, 11) is 0. The van der Waals surface area contributed by atoms with Gasteiger partial charge in [0, 0.05) is 18.7 Å². The van der Waals surface area contributed by atoms with Gasteiger partial charge in [-0.3, -0.25) is 15.0 Å². The predicted octanol–water partition coefficient (Wildman–Crippen LogP) is 2.95. The molecule has 0 spiro atoms. The minimum atomic E-state index is -4.32. The average Bonchev–Trinajstić information content (AvgIpc) is 2.28. The van der Waals surface area contributed by atoms with Crippen molar-refractivity contribution in [3.8, 4) is 0 Å². The lowest BCUT2D eigenvalue weighted by molar-refractivity contribution is -0.384. The van der Waals surface area contributed by atoms with Crippen LogP contribution >= 0.6 is 0 Å². The molecule has 5 nitrogen and oxygen atoms in total. The summed E-state index contributed by atoms with van der Waals surface area (Å²) in [5.74, 6) is 0. The zero-order valence-corrected chi connectivity index (χ0v) is 11.1. The lowest BCUT2D eigenvalue weighted by atomic mass is 10.1. The number of nitrogens with two attached hydrogens (primary N) is 1. The molecular formula is C12H16F3N3O2. The van der Waals surface area contributed by atoms with Crippen molar-refractivity contribution in [2.45, 2.75) is 32.6 Å². The van der Waals surface area contributed by atoms with Crippen LogP contribution in [0, 0.1) is 10.1 Å². The van der Waals surface area contributed by atoms with Crippen LogP contribution in [0.3, 0.4) is 0 Å². The number of hydrogen-bond donors (Lipinski definition) is 1. The molecule has 0 atom stereocenters. The molecule has 0 saturated carbocycles. The molecule has 0 aromatic heterocycles. The molecule has 0 heterocycles. The van der Waals surface area contributed by atoms with Crippen LogP contribution in [0.15, 0.2) is 18.2 Å². The first-order valence-electron chi connectivity index (χ1n) is 5.93. The number of nitrogens with zero attached hydrogens (tertiary/aromatic N) is 2. The minimum Gasteiger partial charge on any atom is -0.393 e. The van der Waals surface area contributed by atoms with Gasteiger partial charge < -0.3 is 5.73 Å². The monoisotopic (exact) mass is 291 g/mol. The standard InChI is InChI=1S/C12H16F3N3O2/c1-8(2)17(7-12(13,14)15)6-9-3-4-10(16)11(5-9)18(19)20/h3-5,8H,6-7,16H2,1-2H3. The maximum atomic E-state index is 12.5. The highest BCUT2D eigenvalue weighted by atomic mass is 19.4. The highest BCUT2D eigenvalue weighted by Gasteiger charge is 2.31. The van der Waals surface area contributed by atoms with Gasteiger partial charge in [0.2, 0.25) is 0 Å². The van der Waals surface area contributed by atoms with E-state index in [1.54, 1.807) is 13.8 Å². The molecule has 0 aliphatic heterocycles. The average molecular weight is 291 g/mol. The van der Waals surface area contributed by atoms with Crippen molar-refractivity contribution in [2.24, 2.45) is 0 Å².